The van der Waals surface area contributed by atoms with Crippen molar-refractivity contribution in [2.75, 3.05) is 31.1 Å². The molecule has 0 aromatic heterocycles. The van der Waals surface area contributed by atoms with Crippen molar-refractivity contribution in [3.8, 4) is 5.75 Å². The number of halogens is 2. The van der Waals surface area contributed by atoms with Gasteiger partial charge in [0.25, 0.3) is 5.91 Å². The van der Waals surface area contributed by atoms with Gasteiger partial charge < -0.3 is 14.9 Å². The van der Waals surface area contributed by atoms with Crippen LogP contribution in [0.4, 0.5) is 14.5 Å². The third kappa shape index (κ3) is 4.02. The number of amides is 1. The molecule has 1 amide bonds. The normalized spacial score (nSPS) is 15.2. The van der Waals surface area contributed by atoms with Crippen LogP contribution in [0.15, 0.2) is 53.4 Å². The molecular weight excluding hydrogens is 378 g/mol. The van der Waals surface area contributed by atoms with Crippen LogP contribution in [-0.4, -0.2) is 56.3 Å². The molecule has 1 fully saturated rings. The Morgan fingerprint density at radius 1 is 0.926 bits per heavy atom. The van der Waals surface area contributed by atoms with Crippen LogP contribution in [0.1, 0.15) is 10.4 Å². The van der Waals surface area contributed by atoms with Crippen molar-refractivity contribution in [1.29, 1.82) is 0 Å². The molecule has 1 heterocycles. The lowest BCUT2D eigenvalue weighted by atomic mass is 10.1. The Hall–Kier alpha value is -2.68. The van der Waals surface area contributed by atoms with Gasteiger partial charge in [-0.3, -0.25) is 4.79 Å². The quantitative estimate of drug-likeness (QED) is 0.859. The van der Waals surface area contributed by atoms with Crippen LogP contribution in [-0.2, 0) is 9.84 Å². The summed E-state index contributed by atoms with van der Waals surface area (Å²) in [6, 6.07) is 11.4. The Balaban J connectivity index is 1.65. The Morgan fingerprint density at radius 3 is 2.00 bits per heavy atom. The first-order valence-electron chi connectivity index (χ1n) is 8.24. The molecule has 2 aromatic carbocycles. The van der Waals surface area contributed by atoms with E-state index in [2.05, 4.69) is 4.90 Å². The van der Waals surface area contributed by atoms with E-state index >= 15 is 0 Å². The van der Waals surface area contributed by atoms with Gasteiger partial charge in [0.15, 0.2) is 0 Å². The topological polar surface area (TPSA) is 77.9 Å². The Kier molecular flexibility index (Phi) is 5.31. The van der Waals surface area contributed by atoms with Gasteiger partial charge in [0, 0.05) is 37.4 Å². The van der Waals surface area contributed by atoms with Gasteiger partial charge in [-0.2, -0.15) is 8.78 Å². The van der Waals surface area contributed by atoms with Crippen LogP contribution >= 0.6 is 0 Å². The van der Waals surface area contributed by atoms with E-state index in [1.54, 1.807) is 29.2 Å². The molecule has 1 N–H and O–H groups in total. The zero-order valence-corrected chi connectivity index (χ0v) is 15.1. The van der Waals surface area contributed by atoms with E-state index < -0.39 is 20.5 Å². The lowest BCUT2D eigenvalue weighted by Gasteiger charge is -2.36. The van der Waals surface area contributed by atoms with Crippen molar-refractivity contribution in [2.45, 2.75) is 10.7 Å². The molecule has 0 unspecified atom stereocenters. The second-order valence-electron chi connectivity index (χ2n) is 6.13. The third-order valence-corrected chi connectivity index (χ3v) is 5.84. The lowest BCUT2D eigenvalue weighted by molar-refractivity contribution is 0.0746. The lowest BCUT2D eigenvalue weighted by Crippen LogP contribution is -2.48. The number of nitrogens with zero attached hydrogens (tertiary/aromatic N) is 2. The molecular formula is C18H18F2N2O4S. The summed E-state index contributed by atoms with van der Waals surface area (Å²) < 4.78 is 48.0. The largest absolute Gasteiger partial charge is 0.508 e. The molecule has 0 saturated carbocycles. The van der Waals surface area contributed by atoms with Crippen molar-refractivity contribution >= 4 is 21.4 Å². The molecule has 3 rings (SSSR count). The van der Waals surface area contributed by atoms with Gasteiger partial charge >= 0.3 is 5.76 Å². The molecule has 1 aliphatic heterocycles. The van der Waals surface area contributed by atoms with E-state index in [9.17, 15) is 27.1 Å². The van der Waals surface area contributed by atoms with Crippen molar-refractivity contribution in [3.63, 3.8) is 0 Å². The number of rotatable bonds is 4. The van der Waals surface area contributed by atoms with Crippen LogP contribution in [0.5, 0.6) is 5.75 Å². The fourth-order valence-corrected chi connectivity index (χ4v) is 3.63. The van der Waals surface area contributed by atoms with Gasteiger partial charge in [-0.25, -0.2) is 8.42 Å². The molecule has 9 heteroatoms. The van der Waals surface area contributed by atoms with Crippen LogP contribution in [0.2, 0.25) is 0 Å². The van der Waals surface area contributed by atoms with Crippen LogP contribution in [0.25, 0.3) is 0 Å². The van der Waals surface area contributed by atoms with Crippen LogP contribution < -0.4 is 4.90 Å². The summed E-state index contributed by atoms with van der Waals surface area (Å²) in [6.45, 7) is 2.15. The smallest absolute Gasteiger partial charge is 0.341 e. The second-order valence-corrected chi connectivity index (χ2v) is 8.04. The number of phenolic OH excluding ortho intramolecular Hbond substituents is 1. The van der Waals surface area contributed by atoms with E-state index in [1.165, 1.54) is 12.1 Å². The second kappa shape index (κ2) is 7.51. The molecule has 2 aromatic rings. The highest BCUT2D eigenvalue weighted by Gasteiger charge is 2.27. The molecule has 1 aliphatic rings. The molecule has 0 spiro atoms. The van der Waals surface area contributed by atoms with E-state index in [-0.39, 0.29) is 17.2 Å². The summed E-state index contributed by atoms with van der Waals surface area (Å²) in [5.41, 5.74) is 1.20. The van der Waals surface area contributed by atoms with Crippen molar-refractivity contribution in [2.24, 2.45) is 0 Å². The minimum Gasteiger partial charge on any atom is -0.508 e. The third-order valence-electron chi connectivity index (χ3n) is 4.45. The van der Waals surface area contributed by atoms with Crippen molar-refractivity contribution < 1.29 is 27.1 Å². The number of piperazine rings is 1. The highest BCUT2D eigenvalue weighted by Crippen LogP contribution is 2.22. The monoisotopic (exact) mass is 396 g/mol. The number of carbonyl (C=O) groups excluding carboxylic acids is 1. The van der Waals surface area contributed by atoms with Gasteiger partial charge in [-0.05, 0) is 48.5 Å². The number of hydrogen-bond donors (Lipinski definition) is 1. The predicted octanol–water partition coefficient (Wildman–Crippen LogP) is 2.35. The van der Waals surface area contributed by atoms with Crippen molar-refractivity contribution in [3.05, 3.63) is 54.1 Å². The maximum atomic E-state index is 12.6. The minimum atomic E-state index is -4.67. The van der Waals surface area contributed by atoms with E-state index in [1.807, 2.05) is 0 Å². The van der Waals surface area contributed by atoms with Gasteiger partial charge in [0.05, 0.1) is 4.90 Å². The Labute approximate surface area is 155 Å². The molecule has 27 heavy (non-hydrogen) atoms. The van der Waals surface area contributed by atoms with Gasteiger partial charge in [-0.15, -0.1) is 0 Å². The first-order valence-corrected chi connectivity index (χ1v) is 9.79. The number of aromatic hydroxyl groups is 1. The first-order chi connectivity index (χ1) is 12.8. The highest BCUT2D eigenvalue weighted by atomic mass is 32.2. The fourth-order valence-electron chi connectivity index (χ4n) is 2.90. The molecule has 144 valence electrons. The summed E-state index contributed by atoms with van der Waals surface area (Å²) in [7, 11) is -4.67. The summed E-state index contributed by atoms with van der Waals surface area (Å²) in [4.78, 5) is 15.8. The molecule has 6 nitrogen and oxygen atoms in total. The summed E-state index contributed by atoms with van der Waals surface area (Å²) in [5, 5.41) is 9.35. The van der Waals surface area contributed by atoms with Crippen LogP contribution in [0.3, 0.4) is 0 Å². The molecule has 0 bridgehead atoms. The zero-order valence-electron chi connectivity index (χ0n) is 14.3. The van der Waals surface area contributed by atoms with Crippen molar-refractivity contribution in [1.82, 2.24) is 4.90 Å². The maximum Gasteiger partial charge on any atom is 0.341 e. The first kappa shape index (κ1) is 19.1. The number of carbonyl (C=O) groups is 1. The summed E-state index contributed by atoms with van der Waals surface area (Å²) >= 11 is 0. The predicted molar refractivity (Wildman–Crippen MR) is 95.9 cm³/mol. The van der Waals surface area contributed by atoms with E-state index in [0.29, 0.717) is 26.2 Å². The fraction of sp³-hybridized carbons (Fsp3) is 0.278. The van der Waals surface area contributed by atoms with Gasteiger partial charge in [-0.1, -0.05) is 0 Å². The molecule has 0 aliphatic carbocycles. The number of phenols is 1. The van der Waals surface area contributed by atoms with Gasteiger partial charge in [0.1, 0.15) is 5.75 Å². The molecule has 1 saturated heterocycles. The standard InChI is InChI=1S/C18H18F2N2O4S/c19-18(20)27(25,26)16-7-1-13(2-8-16)17(24)22-11-9-21(10-12-22)14-3-5-15(23)6-4-14/h1-8,18,23H,9-12H2. The molecule has 0 atom stereocenters. The summed E-state index contributed by atoms with van der Waals surface area (Å²) in [5.74, 6) is -3.58. The Bertz CT molecular complexity index is 907. The van der Waals surface area contributed by atoms with E-state index in [4.69, 9.17) is 0 Å². The number of alkyl halides is 2. The number of anilines is 1. The number of hydrogen-bond acceptors (Lipinski definition) is 5. The van der Waals surface area contributed by atoms with Gasteiger partial charge in [0.2, 0.25) is 9.84 Å². The molecule has 0 radical (unpaired) electrons. The highest BCUT2D eigenvalue weighted by molar-refractivity contribution is 7.91. The van der Waals surface area contributed by atoms with Crippen LogP contribution in [0, 0.1) is 0 Å². The zero-order chi connectivity index (χ0) is 19.6. The minimum absolute atomic E-state index is 0.185. The average molecular weight is 396 g/mol. The number of benzene rings is 2. The summed E-state index contributed by atoms with van der Waals surface area (Å²) in [6.07, 6.45) is 0. The average Bonchev–Trinajstić information content (AvgIpc) is 2.68. The maximum absolute atomic E-state index is 12.6. The number of sulfone groups is 1. The van der Waals surface area contributed by atoms with E-state index in [0.717, 1.165) is 17.8 Å². The Morgan fingerprint density at radius 2 is 1.48 bits per heavy atom. The SMILES string of the molecule is O=C(c1ccc(S(=O)(=O)C(F)F)cc1)N1CCN(c2ccc(O)cc2)CC1.